The third-order valence-electron chi connectivity index (χ3n) is 3.77. The maximum Gasteiger partial charge on any atom is 0.180 e. The minimum atomic E-state index is 0.702. The molecule has 0 spiro atoms. The second-order valence-corrected chi connectivity index (χ2v) is 6.37. The number of para-hydroxylation sites is 1. The van der Waals surface area contributed by atoms with Crippen LogP contribution in [0.3, 0.4) is 0 Å². The highest BCUT2D eigenvalue weighted by atomic mass is 32.1. The SMILES string of the molecule is Nc1nc2c(s1)CCN(CC=Cc1ccccc1N)CC2. The molecule has 0 atom stereocenters. The molecule has 21 heavy (non-hydrogen) atoms. The van der Waals surface area contributed by atoms with E-state index in [2.05, 4.69) is 22.0 Å². The van der Waals surface area contributed by atoms with E-state index < -0.39 is 0 Å². The molecule has 0 saturated carbocycles. The third kappa shape index (κ3) is 3.43. The monoisotopic (exact) mass is 300 g/mol. The normalized spacial score (nSPS) is 16.0. The van der Waals surface area contributed by atoms with Gasteiger partial charge < -0.3 is 11.5 Å². The van der Waals surface area contributed by atoms with Gasteiger partial charge in [-0.3, -0.25) is 4.90 Å². The zero-order valence-electron chi connectivity index (χ0n) is 12.0. The van der Waals surface area contributed by atoms with Gasteiger partial charge in [0.25, 0.3) is 0 Å². The van der Waals surface area contributed by atoms with Crippen LogP contribution in [0.15, 0.2) is 30.3 Å². The van der Waals surface area contributed by atoms with Crippen LogP contribution in [0.5, 0.6) is 0 Å². The van der Waals surface area contributed by atoms with E-state index in [-0.39, 0.29) is 0 Å². The van der Waals surface area contributed by atoms with Gasteiger partial charge in [-0.05, 0) is 18.1 Å². The lowest BCUT2D eigenvalue weighted by Gasteiger charge is -2.17. The van der Waals surface area contributed by atoms with Crippen molar-refractivity contribution in [2.75, 3.05) is 31.1 Å². The third-order valence-corrected chi connectivity index (χ3v) is 4.76. The van der Waals surface area contributed by atoms with Crippen LogP contribution in [0.4, 0.5) is 10.8 Å². The molecule has 0 radical (unpaired) electrons. The summed E-state index contributed by atoms with van der Waals surface area (Å²) >= 11 is 1.63. The van der Waals surface area contributed by atoms with Crippen molar-refractivity contribution in [2.45, 2.75) is 12.8 Å². The molecule has 3 rings (SSSR count). The Bertz CT molecular complexity index is 622. The quantitative estimate of drug-likeness (QED) is 0.854. The molecule has 5 heteroatoms. The fourth-order valence-corrected chi connectivity index (χ4v) is 3.47. The second kappa shape index (κ2) is 6.28. The lowest BCUT2D eigenvalue weighted by Crippen LogP contribution is -2.26. The zero-order valence-corrected chi connectivity index (χ0v) is 12.8. The number of hydrogen-bond donors (Lipinski definition) is 2. The van der Waals surface area contributed by atoms with Gasteiger partial charge in [0.2, 0.25) is 0 Å². The van der Waals surface area contributed by atoms with Crippen LogP contribution in [-0.4, -0.2) is 29.5 Å². The lowest BCUT2D eigenvalue weighted by molar-refractivity contribution is 0.318. The highest BCUT2D eigenvalue weighted by Crippen LogP contribution is 2.24. The predicted molar refractivity (Wildman–Crippen MR) is 90.3 cm³/mol. The molecular formula is C16H20N4S. The van der Waals surface area contributed by atoms with Gasteiger partial charge in [-0.25, -0.2) is 4.98 Å². The first kappa shape index (κ1) is 14.1. The number of rotatable bonds is 3. The summed E-state index contributed by atoms with van der Waals surface area (Å²) in [5, 5.41) is 0.702. The van der Waals surface area contributed by atoms with E-state index in [1.807, 2.05) is 24.3 Å². The van der Waals surface area contributed by atoms with E-state index in [0.717, 1.165) is 43.7 Å². The zero-order chi connectivity index (χ0) is 14.7. The van der Waals surface area contributed by atoms with E-state index in [0.29, 0.717) is 5.13 Å². The van der Waals surface area contributed by atoms with Gasteiger partial charge in [-0.1, -0.05) is 30.4 Å². The molecule has 2 heterocycles. The molecule has 110 valence electrons. The molecule has 0 fully saturated rings. The van der Waals surface area contributed by atoms with Gasteiger partial charge in [0.15, 0.2) is 5.13 Å². The van der Waals surface area contributed by atoms with Gasteiger partial charge in [0, 0.05) is 36.6 Å². The number of fused-ring (bicyclic) bond motifs is 1. The summed E-state index contributed by atoms with van der Waals surface area (Å²) < 4.78 is 0. The summed E-state index contributed by atoms with van der Waals surface area (Å²) in [4.78, 5) is 8.22. The van der Waals surface area contributed by atoms with Crippen molar-refractivity contribution in [1.29, 1.82) is 0 Å². The molecule has 0 aliphatic carbocycles. The van der Waals surface area contributed by atoms with Gasteiger partial charge in [0.05, 0.1) is 5.69 Å². The molecule has 4 nitrogen and oxygen atoms in total. The number of nitrogen functional groups attached to an aromatic ring is 2. The van der Waals surface area contributed by atoms with Crippen LogP contribution in [0.1, 0.15) is 16.1 Å². The van der Waals surface area contributed by atoms with Gasteiger partial charge in [-0.2, -0.15) is 0 Å². The van der Waals surface area contributed by atoms with E-state index in [1.165, 1.54) is 10.6 Å². The number of benzene rings is 1. The Morgan fingerprint density at radius 1 is 1.19 bits per heavy atom. The van der Waals surface area contributed by atoms with Crippen LogP contribution < -0.4 is 11.5 Å². The number of aromatic nitrogens is 1. The Kier molecular flexibility index (Phi) is 4.22. The summed E-state index contributed by atoms with van der Waals surface area (Å²) in [7, 11) is 0. The van der Waals surface area contributed by atoms with Gasteiger partial charge in [-0.15, -0.1) is 11.3 Å². The number of nitrogens with two attached hydrogens (primary N) is 2. The van der Waals surface area contributed by atoms with Crippen molar-refractivity contribution < 1.29 is 0 Å². The molecule has 1 aliphatic rings. The maximum atomic E-state index is 5.94. The van der Waals surface area contributed by atoms with Crippen LogP contribution in [0.25, 0.3) is 6.08 Å². The van der Waals surface area contributed by atoms with Crippen molar-refractivity contribution in [1.82, 2.24) is 9.88 Å². The average molecular weight is 300 g/mol. The first-order chi connectivity index (χ1) is 10.2. The molecule has 0 bridgehead atoms. The second-order valence-electron chi connectivity index (χ2n) is 5.25. The van der Waals surface area contributed by atoms with E-state index in [1.54, 1.807) is 11.3 Å². The molecule has 4 N–H and O–H groups in total. The Labute approximate surface area is 129 Å². The lowest BCUT2D eigenvalue weighted by atomic mass is 10.1. The van der Waals surface area contributed by atoms with Crippen LogP contribution in [0.2, 0.25) is 0 Å². The Morgan fingerprint density at radius 3 is 2.86 bits per heavy atom. The highest BCUT2D eigenvalue weighted by Gasteiger charge is 2.16. The van der Waals surface area contributed by atoms with Gasteiger partial charge in [0.1, 0.15) is 0 Å². The fraction of sp³-hybridized carbons (Fsp3) is 0.312. The largest absolute Gasteiger partial charge is 0.398 e. The van der Waals surface area contributed by atoms with Crippen LogP contribution in [-0.2, 0) is 12.8 Å². The molecule has 1 aromatic heterocycles. The predicted octanol–water partition coefficient (Wildman–Crippen LogP) is 2.42. The van der Waals surface area contributed by atoms with Crippen LogP contribution in [0, 0.1) is 0 Å². The first-order valence-electron chi connectivity index (χ1n) is 7.20. The van der Waals surface area contributed by atoms with Crippen molar-refractivity contribution in [3.8, 4) is 0 Å². The highest BCUT2D eigenvalue weighted by molar-refractivity contribution is 7.15. The van der Waals surface area contributed by atoms with Crippen molar-refractivity contribution in [3.63, 3.8) is 0 Å². The van der Waals surface area contributed by atoms with Crippen molar-refractivity contribution >= 4 is 28.2 Å². The number of nitrogens with zero attached hydrogens (tertiary/aromatic N) is 2. The average Bonchev–Trinajstić information content (AvgIpc) is 2.73. The van der Waals surface area contributed by atoms with E-state index in [9.17, 15) is 0 Å². The Morgan fingerprint density at radius 2 is 2.00 bits per heavy atom. The molecule has 1 aliphatic heterocycles. The fourth-order valence-electron chi connectivity index (χ4n) is 2.60. The summed E-state index contributed by atoms with van der Waals surface area (Å²) in [6.07, 6.45) is 6.33. The topological polar surface area (TPSA) is 68.2 Å². The smallest absolute Gasteiger partial charge is 0.180 e. The Hall–Kier alpha value is -1.85. The van der Waals surface area contributed by atoms with Crippen molar-refractivity contribution in [2.24, 2.45) is 0 Å². The van der Waals surface area contributed by atoms with Crippen molar-refractivity contribution in [3.05, 3.63) is 46.5 Å². The molecule has 2 aromatic rings. The standard InChI is InChI=1S/C16H20N4S/c17-13-6-2-1-4-12(13)5-3-9-20-10-7-14-15(8-11-20)21-16(18)19-14/h1-6H,7-11,17H2,(H2,18,19). The summed E-state index contributed by atoms with van der Waals surface area (Å²) in [6.45, 7) is 3.03. The Balaban J connectivity index is 1.58. The molecule has 0 unspecified atom stereocenters. The maximum absolute atomic E-state index is 5.94. The van der Waals surface area contributed by atoms with E-state index in [4.69, 9.17) is 11.5 Å². The van der Waals surface area contributed by atoms with Gasteiger partial charge >= 0.3 is 0 Å². The summed E-state index contributed by atoms with van der Waals surface area (Å²) in [5.41, 5.74) is 14.8. The van der Waals surface area contributed by atoms with Crippen LogP contribution >= 0.6 is 11.3 Å². The number of thiazole rings is 1. The first-order valence-corrected chi connectivity index (χ1v) is 8.01. The minimum absolute atomic E-state index is 0.702. The molecular weight excluding hydrogens is 280 g/mol. The summed E-state index contributed by atoms with van der Waals surface area (Å²) in [6, 6.07) is 7.94. The number of anilines is 2. The molecule has 1 aromatic carbocycles. The van der Waals surface area contributed by atoms with E-state index >= 15 is 0 Å². The molecule has 0 amide bonds. The summed E-state index contributed by atoms with van der Waals surface area (Å²) in [5.74, 6) is 0. The number of hydrogen-bond acceptors (Lipinski definition) is 5. The minimum Gasteiger partial charge on any atom is -0.398 e. The molecule has 0 saturated heterocycles.